The van der Waals surface area contributed by atoms with E-state index < -0.39 is 12.2 Å². The van der Waals surface area contributed by atoms with Gasteiger partial charge in [0.2, 0.25) is 0 Å². The summed E-state index contributed by atoms with van der Waals surface area (Å²) in [5.41, 5.74) is -0.230. The van der Waals surface area contributed by atoms with Crippen LogP contribution in [0.2, 0.25) is 0 Å². The summed E-state index contributed by atoms with van der Waals surface area (Å²) in [7, 11) is 0. The minimum atomic E-state index is -0.510. The molecule has 0 bridgehead atoms. The molecule has 1 aliphatic heterocycles. The summed E-state index contributed by atoms with van der Waals surface area (Å²) in [6.45, 7) is 8.61. The van der Waals surface area contributed by atoms with Crippen LogP contribution in [-0.4, -0.2) is 30.0 Å². The Kier molecular flexibility index (Phi) is 5.45. The maximum absolute atomic E-state index is 11.3. The number of carbonyl (C=O) groups excluding carboxylic acids is 1. The largest absolute Gasteiger partial charge is 0.449 e. The third-order valence-corrected chi connectivity index (χ3v) is 3.88. The highest BCUT2D eigenvalue weighted by atomic mass is 16.6. The van der Waals surface area contributed by atoms with Gasteiger partial charge in [0.1, 0.15) is 6.61 Å². The number of carbonyl (C=O) groups is 1. The molecule has 18 heavy (non-hydrogen) atoms. The summed E-state index contributed by atoms with van der Waals surface area (Å²) >= 11 is 0. The molecule has 2 N–H and O–H groups in total. The number of hydrogen-bond acceptors (Lipinski definition) is 3. The molecule has 1 rings (SSSR count). The van der Waals surface area contributed by atoms with Gasteiger partial charge < -0.3 is 15.2 Å². The molecule has 0 saturated carbocycles. The Bertz CT molecular complexity index is 278. The van der Waals surface area contributed by atoms with Crippen LogP contribution in [0.15, 0.2) is 0 Å². The van der Waals surface area contributed by atoms with Crippen LogP contribution in [0.1, 0.15) is 53.4 Å². The Morgan fingerprint density at radius 3 is 2.78 bits per heavy atom. The molecule has 1 amide bonds. The third-order valence-electron chi connectivity index (χ3n) is 3.88. The number of rotatable bonds is 6. The van der Waals surface area contributed by atoms with Gasteiger partial charge in [0, 0.05) is 5.41 Å². The Balaban J connectivity index is 2.56. The second-order valence-electron chi connectivity index (χ2n) is 6.15. The molecule has 4 heteroatoms. The number of alkyl carbamates (subject to hydrolysis) is 1. The Morgan fingerprint density at radius 1 is 1.50 bits per heavy atom. The molecule has 1 unspecified atom stereocenters. The van der Waals surface area contributed by atoms with Gasteiger partial charge in [-0.3, -0.25) is 0 Å². The number of aliphatic hydroxyl groups excluding tert-OH is 1. The lowest BCUT2D eigenvalue weighted by Gasteiger charge is -2.42. The first-order chi connectivity index (χ1) is 8.38. The van der Waals surface area contributed by atoms with Crippen molar-refractivity contribution in [1.29, 1.82) is 0 Å². The first-order valence-corrected chi connectivity index (χ1v) is 7.00. The van der Waals surface area contributed by atoms with Gasteiger partial charge in [-0.15, -0.1) is 0 Å². The van der Waals surface area contributed by atoms with Crippen molar-refractivity contribution in [3.63, 3.8) is 0 Å². The van der Waals surface area contributed by atoms with Gasteiger partial charge in [0.15, 0.2) is 0 Å². The van der Waals surface area contributed by atoms with E-state index in [0.717, 1.165) is 12.8 Å². The van der Waals surface area contributed by atoms with E-state index in [2.05, 4.69) is 19.2 Å². The molecule has 4 nitrogen and oxygen atoms in total. The predicted octanol–water partition coefficient (Wildman–Crippen LogP) is 2.70. The standard InChI is InChI=1S/C14H27NO3/c1-5-6-7-8-10(2)11(16)12-14(3,4)9-18-13(17)15-12/h10-12,16H,5-9H2,1-4H3,(H,15,17)/t10-,11+,12?/m0/s1. The minimum absolute atomic E-state index is 0.194. The number of ether oxygens (including phenoxy) is 1. The zero-order valence-corrected chi connectivity index (χ0v) is 12.0. The van der Waals surface area contributed by atoms with Gasteiger partial charge in [-0.2, -0.15) is 0 Å². The van der Waals surface area contributed by atoms with Crippen molar-refractivity contribution in [1.82, 2.24) is 5.32 Å². The SMILES string of the molecule is CCCCC[C@H](C)[C@@H](O)C1NC(=O)OCC1(C)C. The molecule has 0 aromatic rings. The molecular weight excluding hydrogens is 230 g/mol. The summed E-state index contributed by atoms with van der Waals surface area (Å²) in [5.74, 6) is 0.194. The van der Waals surface area contributed by atoms with Gasteiger partial charge in [0.25, 0.3) is 0 Å². The van der Waals surface area contributed by atoms with Crippen molar-refractivity contribution in [2.75, 3.05) is 6.61 Å². The Labute approximate surface area is 110 Å². The van der Waals surface area contributed by atoms with Crippen molar-refractivity contribution in [3.8, 4) is 0 Å². The number of unbranched alkanes of at least 4 members (excludes halogenated alkanes) is 2. The molecule has 0 aromatic heterocycles. The number of nitrogens with one attached hydrogen (secondary N) is 1. The summed E-state index contributed by atoms with van der Waals surface area (Å²) in [6.07, 6.45) is 3.58. The quantitative estimate of drug-likeness (QED) is 0.719. The van der Waals surface area contributed by atoms with Crippen LogP contribution in [0.4, 0.5) is 4.79 Å². The molecule has 1 heterocycles. The first-order valence-electron chi connectivity index (χ1n) is 7.00. The number of aliphatic hydroxyl groups is 1. The van der Waals surface area contributed by atoms with Crippen LogP contribution >= 0.6 is 0 Å². The van der Waals surface area contributed by atoms with Crippen LogP contribution < -0.4 is 5.32 Å². The molecule has 0 radical (unpaired) electrons. The molecule has 0 spiro atoms. The average molecular weight is 257 g/mol. The van der Waals surface area contributed by atoms with Crippen LogP contribution in [0.5, 0.6) is 0 Å². The molecule has 1 saturated heterocycles. The Hall–Kier alpha value is -0.770. The molecular formula is C14H27NO3. The van der Waals surface area contributed by atoms with Crippen molar-refractivity contribution in [2.45, 2.75) is 65.5 Å². The molecule has 1 fully saturated rings. The topological polar surface area (TPSA) is 58.6 Å². The fourth-order valence-corrected chi connectivity index (χ4v) is 2.47. The Morgan fingerprint density at radius 2 is 2.17 bits per heavy atom. The molecule has 1 aliphatic rings. The van der Waals surface area contributed by atoms with Crippen LogP contribution in [-0.2, 0) is 4.74 Å². The molecule has 3 atom stereocenters. The third kappa shape index (κ3) is 3.87. The summed E-state index contributed by atoms with van der Waals surface area (Å²) in [6, 6.07) is -0.227. The molecule has 106 valence electrons. The minimum Gasteiger partial charge on any atom is -0.449 e. The van der Waals surface area contributed by atoms with E-state index in [4.69, 9.17) is 4.74 Å². The zero-order valence-electron chi connectivity index (χ0n) is 12.0. The highest BCUT2D eigenvalue weighted by molar-refractivity contribution is 5.68. The van der Waals surface area contributed by atoms with Gasteiger partial charge in [-0.25, -0.2) is 4.79 Å². The lowest BCUT2D eigenvalue weighted by Crippen LogP contribution is -2.59. The van der Waals surface area contributed by atoms with E-state index >= 15 is 0 Å². The van der Waals surface area contributed by atoms with E-state index in [1.54, 1.807) is 0 Å². The monoisotopic (exact) mass is 257 g/mol. The maximum atomic E-state index is 11.3. The summed E-state index contributed by atoms with van der Waals surface area (Å²) in [4.78, 5) is 11.3. The number of hydrogen-bond donors (Lipinski definition) is 2. The van der Waals surface area contributed by atoms with Crippen LogP contribution in [0, 0.1) is 11.3 Å². The van der Waals surface area contributed by atoms with E-state index in [9.17, 15) is 9.90 Å². The zero-order chi connectivity index (χ0) is 13.8. The smallest absolute Gasteiger partial charge is 0.407 e. The van der Waals surface area contributed by atoms with Crippen molar-refractivity contribution < 1.29 is 14.6 Å². The van der Waals surface area contributed by atoms with Gasteiger partial charge in [0.05, 0.1) is 12.1 Å². The van der Waals surface area contributed by atoms with E-state index in [-0.39, 0.29) is 17.4 Å². The fraction of sp³-hybridized carbons (Fsp3) is 0.929. The summed E-state index contributed by atoms with van der Waals surface area (Å²) in [5, 5.41) is 13.2. The highest BCUT2D eigenvalue weighted by Crippen LogP contribution is 2.30. The maximum Gasteiger partial charge on any atom is 0.407 e. The van der Waals surface area contributed by atoms with Crippen LogP contribution in [0.25, 0.3) is 0 Å². The van der Waals surface area contributed by atoms with Crippen molar-refractivity contribution in [2.24, 2.45) is 11.3 Å². The lowest BCUT2D eigenvalue weighted by atomic mass is 9.77. The van der Waals surface area contributed by atoms with Crippen molar-refractivity contribution in [3.05, 3.63) is 0 Å². The second-order valence-corrected chi connectivity index (χ2v) is 6.15. The highest BCUT2D eigenvalue weighted by Gasteiger charge is 2.42. The van der Waals surface area contributed by atoms with E-state index in [1.165, 1.54) is 12.8 Å². The van der Waals surface area contributed by atoms with E-state index in [0.29, 0.717) is 6.61 Å². The first kappa shape index (κ1) is 15.3. The normalized spacial score (nSPS) is 26.1. The number of amides is 1. The number of cyclic esters (lactones) is 1. The predicted molar refractivity (Wildman–Crippen MR) is 71.4 cm³/mol. The van der Waals surface area contributed by atoms with Gasteiger partial charge in [-0.1, -0.05) is 47.0 Å². The molecule has 0 aromatic carbocycles. The average Bonchev–Trinajstić information content (AvgIpc) is 2.31. The fourth-order valence-electron chi connectivity index (χ4n) is 2.47. The summed E-state index contributed by atoms with van der Waals surface area (Å²) < 4.78 is 4.99. The second kappa shape index (κ2) is 6.41. The van der Waals surface area contributed by atoms with Gasteiger partial charge >= 0.3 is 6.09 Å². The van der Waals surface area contributed by atoms with Crippen molar-refractivity contribution >= 4 is 6.09 Å². The molecule has 0 aliphatic carbocycles. The van der Waals surface area contributed by atoms with Crippen LogP contribution in [0.3, 0.4) is 0 Å². The van der Waals surface area contributed by atoms with Gasteiger partial charge in [-0.05, 0) is 12.3 Å². The lowest BCUT2D eigenvalue weighted by molar-refractivity contribution is -0.0310. The van der Waals surface area contributed by atoms with E-state index in [1.807, 2.05) is 13.8 Å².